The molecule has 0 aliphatic rings. The van der Waals surface area contributed by atoms with E-state index in [0.717, 1.165) is 31.4 Å². The van der Waals surface area contributed by atoms with Crippen molar-refractivity contribution in [3.05, 3.63) is 67.7 Å². The molecule has 0 aliphatic carbocycles. The van der Waals surface area contributed by atoms with Gasteiger partial charge in [0, 0.05) is 22.9 Å². The minimum Gasteiger partial charge on any atom is -0.504 e. The molecule has 0 aromatic heterocycles. The molecule has 0 spiro atoms. The van der Waals surface area contributed by atoms with Crippen molar-refractivity contribution in [1.82, 2.24) is 0 Å². The Morgan fingerprint density at radius 2 is 1.27 bits per heavy atom. The van der Waals surface area contributed by atoms with Gasteiger partial charge in [0.1, 0.15) is 0 Å². The van der Waals surface area contributed by atoms with Crippen LogP contribution in [0.5, 0.6) is 11.5 Å². The average Bonchev–Trinajstić information content (AvgIpc) is 3.03. The van der Waals surface area contributed by atoms with Crippen LogP contribution in [0.1, 0.15) is 110 Å². The topological polar surface area (TPSA) is 140 Å². The molecule has 3 rings (SSSR count). The molecule has 0 fully saturated rings. The van der Waals surface area contributed by atoms with Crippen molar-refractivity contribution in [3.8, 4) is 11.5 Å². The average molecular weight is 641 g/mol. The molecular formula is C34H45ClN4O6. The summed E-state index contributed by atoms with van der Waals surface area (Å²) in [6.07, 6.45) is 20.4. The maximum atomic E-state index is 11.6. The number of phenolic OH excluding ortho intramolecular Hbond substituents is 1. The molecule has 45 heavy (non-hydrogen) atoms. The normalized spacial score (nSPS) is 11.4. The van der Waals surface area contributed by atoms with Crippen LogP contribution in [0.15, 0.2) is 52.7 Å². The molecule has 244 valence electrons. The van der Waals surface area contributed by atoms with Gasteiger partial charge in [0.25, 0.3) is 5.69 Å². The minimum absolute atomic E-state index is 0.0274. The summed E-state index contributed by atoms with van der Waals surface area (Å²) in [6.45, 7) is 2.68. The quantitative estimate of drug-likeness (QED) is 0.0501. The lowest BCUT2D eigenvalue weighted by Gasteiger charge is -2.12. The van der Waals surface area contributed by atoms with E-state index in [-0.39, 0.29) is 22.2 Å². The molecular weight excluding hydrogens is 596 g/mol. The molecule has 0 saturated carbocycles. The summed E-state index contributed by atoms with van der Waals surface area (Å²) < 4.78 is 5.92. The second-order valence-electron chi connectivity index (χ2n) is 11.4. The van der Waals surface area contributed by atoms with Crippen molar-refractivity contribution in [3.63, 3.8) is 0 Å². The Labute approximate surface area is 270 Å². The Bertz CT molecular complexity index is 1430. The number of non-ortho nitro benzene ring substituents is 1. The Morgan fingerprint density at radius 3 is 1.80 bits per heavy atom. The monoisotopic (exact) mass is 640 g/mol. The van der Waals surface area contributed by atoms with Crippen LogP contribution in [-0.4, -0.2) is 21.6 Å². The van der Waals surface area contributed by atoms with E-state index in [0.29, 0.717) is 23.1 Å². The van der Waals surface area contributed by atoms with Crippen LogP contribution in [0.25, 0.3) is 10.8 Å². The number of rotatable bonds is 22. The molecule has 0 radical (unpaired) electrons. The first kappa shape index (κ1) is 35.7. The number of nitro groups is 2. The lowest BCUT2D eigenvalue weighted by atomic mass is 10.0. The number of ether oxygens (including phenoxy) is 1. The van der Waals surface area contributed by atoms with Crippen molar-refractivity contribution >= 4 is 45.1 Å². The zero-order valence-electron chi connectivity index (χ0n) is 26.2. The SMILES string of the molecule is CCCCCCCCCCCCCCCCCCOc1cc(N=Nc2c(Cl)cc([N+](=O)[O-])cc2[N+](=O)[O-])c2ccccc2c1O. The molecule has 0 unspecified atom stereocenters. The van der Waals surface area contributed by atoms with Crippen molar-refractivity contribution in [2.45, 2.75) is 110 Å². The zero-order chi connectivity index (χ0) is 32.4. The summed E-state index contributed by atoms with van der Waals surface area (Å²) >= 11 is 6.12. The highest BCUT2D eigenvalue weighted by molar-refractivity contribution is 6.33. The third-order valence-corrected chi connectivity index (χ3v) is 8.20. The van der Waals surface area contributed by atoms with Gasteiger partial charge in [0.05, 0.1) is 33.2 Å². The fourth-order valence-electron chi connectivity index (χ4n) is 5.36. The number of fused-ring (bicyclic) bond motifs is 1. The fraction of sp³-hybridized carbons (Fsp3) is 0.529. The number of unbranched alkanes of at least 4 members (excludes halogenated alkanes) is 15. The van der Waals surface area contributed by atoms with Crippen LogP contribution < -0.4 is 4.74 Å². The second-order valence-corrected chi connectivity index (χ2v) is 11.9. The minimum atomic E-state index is -0.797. The Balaban J connectivity index is 1.48. The molecule has 1 N–H and O–H groups in total. The highest BCUT2D eigenvalue weighted by Gasteiger charge is 2.24. The van der Waals surface area contributed by atoms with Crippen LogP contribution in [0.4, 0.5) is 22.7 Å². The molecule has 10 nitrogen and oxygen atoms in total. The zero-order valence-corrected chi connectivity index (χ0v) is 27.0. The van der Waals surface area contributed by atoms with Gasteiger partial charge in [-0.1, -0.05) is 139 Å². The number of phenols is 1. The number of nitro benzene ring substituents is 2. The van der Waals surface area contributed by atoms with Crippen molar-refractivity contribution in [2.75, 3.05) is 6.61 Å². The summed E-state index contributed by atoms with van der Waals surface area (Å²) in [5.74, 6) is 0.202. The van der Waals surface area contributed by atoms with E-state index in [4.69, 9.17) is 16.3 Å². The maximum absolute atomic E-state index is 11.6. The number of benzene rings is 3. The summed E-state index contributed by atoms with van der Waals surface area (Å²) in [5, 5.41) is 42.5. The predicted octanol–water partition coefficient (Wildman–Crippen LogP) is 12.1. The summed E-state index contributed by atoms with van der Waals surface area (Å²) in [7, 11) is 0. The van der Waals surface area contributed by atoms with Gasteiger partial charge in [-0.2, -0.15) is 0 Å². The largest absolute Gasteiger partial charge is 0.504 e. The number of hydrogen-bond donors (Lipinski definition) is 1. The highest BCUT2D eigenvalue weighted by Crippen LogP contribution is 2.43. The fourth-order valence-corrected chi connectivity index (χ4v) is 5.61. The van der Waals surface area contributed by atoms with Gasteiger partial charge in [-0.05, 0) is 6.42 Å². The predicted molar refractivity (Wildman–Crippen MR) is 180 cm³/mol. The first-order valence-corrected chi connectivity index (χ1v) is 16.6. The van der Waals surface area contributed by atoms with E-state index in [2.05, 4.69) is 17.2 Å². The van der Waals surface area contributed by atoms with Crippen LogP contribution >= 0.6 is 11.6 Å². The molecule has 0 atom stereocenters. The lowest BCUT2D eigenvalue weighted by Crippen LogP contribution is -1.98. The second kappa shape index (κ2) is 19.6. The molecule has 3 aromatic rings. The van der Waals surface area contributed by atoms with Crippen molar-refractivity contribution in [2.24, 2.45) is 10.2 Å². The lowest BCUT2D eigenvalue weighted by molar-refractivity contribution is -0.393. The van der Waals surface area contributed by atoms with E-state index >= 15 is 0 Å². The molecule has 11 heteroatoms. The summed E-state index contributed by atoms with van der Waals surface area (Å²) in [4.78, 5) is 21.1. The van der Waals surface area contributed by atoms with E-state index in [1.54, 1.807) is 24.3 Å². The van der Waals surface area contributed by atoms with Crippen LogP contribution in [-0.2, 0) is 0 Å². The molecule has 0 aliphatic heterocycles. The third kappa shape index (κ3) is 11.6. The van der Waals surface area contributed by atoms with E-state index in [1.165, 1.54) is 89.5 Å². The molecule has 0 heterocycles. The number of nitrogens with zero attached hydrogens (tertiary/aromatic N) is 4. The molecule has 0 amide bonds. The smallest absolute Gasteiger partial charge is 0.305 e. The summed E-state index contributed by atoms with van der Waals surface area (Å²) in [6, 6.07) is 10.3. The first-order chi connectivity index (χ1) is 21.8. The van der Waals surface area contributed by atoms with E-state index in [9.17, 15) is 25.3 Å². The first-order valence-electron chi connectivity index (χ1n) is 16.2. The molecule has 0 bridgehead atoms. The van der Waals surface area contributed by atoms with E-state index in [1.807, 2.05) is 0 Å². The van der Waals surface area contributed by atoms with Gasteiger partial charge in [-0.15, -0.1) is 10.2 Å². The Morgan fingerprint density at radius 1 is 0.733 bits per heavy atom. The summed E-state index contributed by atoms with van der Waals surface area (Å²) in [5.41, 5.74) is -1.17. The maximum Gasteiger partial charge on any atom is 0.305 e. The van der Waals surface area contributed by atoms with Crippen molar-refractivity contribution in [1.29, 1.82) is 0 Å². The van der Waals surface area contributed by atoms with Gasteiger partial charge in [0.15, 0.2) is 17.2 Å². The van der Waals surface area contributed by atoms with Gasteiger partial charge in [-0.3, -0.25) is 20.2 Å². The van der Waals surface area contributed by atoms with Crippen molar-refractivity contribution < 1.29 is 19.7 Å². The van der Waals surface area contributed by atoms with E-state index < -0.39 is 21.2 Å². The Kier molecular flexibility index (Phi) is 15.5. The number of halogens is 1. The number of aromatic hydroxyl groups is 1. The Hall–Kier alpha value is -3.79. The van der Waals surface area contributed by atoms with Gasteiger partial charge < -0.3 is 9.84 Å². The standard InChI is InChI=1S/C34H45ClN4O6/c1-2-3-4-5-6-7-8-9-10-11-12-13-14-15-16-19-22-45-32-25-30(27-20-17-18-21-28(27)34(32)40)36-37-33-29(35)23-26(38(41)42)24-31(33)39(43)44/h17-18,20-21,23-25,40H,2-16,19,22H2,1H3. The number of hydrogen-bond acceptors (Lipinski definition) is 8. The highest BCUT2D eigenvalue weighted by atomic mass is 35.5. The van der Waals surface area contributed by atoms with Crippen LogP contribution in [0.2, 0.25) is 5.02 Å². The van der Waals surface area contributed by atoms with Gasteiger partial charge >= 0.3 is 5.69 Å². The molecule has 0 saturated heterocycles. The third-order valence-electron chi connectivity index (χ3n) is 7.91. The van der Waals surface area contributed by atoms with Gasteiger partial charge in [0.2, 0.25) is 0 Å². The van der Waals surface area contributed by atoms with Gasteiger partial charge in [-0.25, -0.2) is 0 Å². The number of azo groups is 1. The van der Waals surface area contributed by atoms with Crippen LogP contribution in [0, 0.1) is 20.2 Å². The molecule has 3 aromatic carbocycles. The van der Waals surface area contributed by atoms with Crippen LogP contribution in [0.3, 0.4) is 0 Å².